The second-order valence-electron chi connectivity index (χ2n) is 7.10. The standard InChI is InChI=1S/C25H25NO5S/c1-3-18-10-12-19(13-11-18)24(28)17(2)31-25(29)21-8-4-5-9-22(21)32-16-23(27)26-15-20-7-6-14-30-20/h4-14,17H,3,15-16H2,1-2H3,(H,26,27)/t17-/m0/s1. The fourth-order valence-corrected chi connectivity index (χ4v) is 3.84. The molecule has 0 saturated heterocycles. The van der Waals surface area contributed by atoms with Gasteiger partial charge in [0.25, 0.3) is 0 Å². The number of Topliss-reactive ketones (excluding diaryl/α,β-unsaturated/α-hetero) is 1. The molecule has 1 atom stereocenters. The molecule has 1 heterocycles. The van der Waals surface area contributed by atoms with Gasteiger partial charge in [0.15, 0.2) is 6.10 Å². The number of amides is 1. The zero-order valence-electron chi connectivity index (χ0n) is 18.0. The molecule has 0 aliphatic carbocycles. The molecule has 1 N–H and O–H groups in total. The molecule has 0 aliphatic heterocycles. The summed E-state index contributed by atoms with van der Waals surface area (Å²) in [4.78, 5) is 38.1. The van der Waals surface area contributed by atoms with Crippen LogP contribution >= 0.6 is 11.8 Å². The molecule has 0 radical (unpaired) electrons. The van der Waals surface area contributed by atoms with Gasteiger partial charge in [-0.3, -0.25) is 9.59 Å². The zero-order chi connectivity index (χ0) is 22.9. The molecule has 0 aliphatic rings. The van der Waals surface area contributed by atoms with Crippen molar-refractivity contribution in [1.29, 1.82) is 0 Å². The molecule has 32 heavy (non-hydrogen) atoms. The molecule has 1 aromatic heterocycles. The van der Waals surface area contributed by atoms with Gasteiger partial charge in [-0.2, -0.15) is 0 Å². The number of carbonyl (C=O) groups is 3. The van der Waals surface area contributed by atoms with Gasteiger partial charge in [-0.1, -0.05) is 43.3 Å². The van der Waals surface area contributed by atoms with E-state index < -0.39 is 12.1 Å². The maximum Gasteiger partial charge on any atom is 0.339 e. The van der Waals surface area contributed by atoms with Gasteiger partial charge in [0.2, 0.25) is 11.7 Å². The van der Waals surface area contributed by atoms with Gasteiger partial charge in [0.05, 0.1) is 24.1 Å². The molecule has 0 spiro atoms. The van der Waals surface area contributed by atoms with Crippen LogP contribution in [0.1, 0.15) is 45.9 Å². The van der Waals surface area contributed by atoms with Gasteiger partial charge in [-0.25, -0.2) is 4.79 Å². The number of thioether (sulfide) groups is 1. The van der Waals surface area contributed by atoms with E-state index in [9.17, 15) is 14.4 Å². The van der Waals surface area contributed by atoms with Crippen molar-refractivity contribution >= 4 is 29.4 Å². The zero-order valence-corrected chi connectivity index (χ0v) is 18.8. The van der Waals surface area contributed by atoms with E-state index in [2.05, 4.69) is 5.32 Å². The first-order valence-corrected chi connectivity index (χ1v) is 11.3. The monoisotopic (exact) mass is 451 g/mol. The second kappa shape index (κ2) is 11.3. The van der Waals surface area contributed by atoms with Gasteiger partial charge in [-0.15, -0.1) is 11.8 Å². The van der Waals surface area contributed by atoms with Crippen LogP contribution in [-0.2, 0) is 22.5 Å². The molecule has 2 aromatic carbocycles. The SMILES string of the molecule is CCc1ccc(C(=O)[C@H](C)OC(=O)c2ccccc2SCC(=O)NCc2ccco2)cc1. The first-order chi connectivity index (χ1) is 15.5. The summed E-state index contributed by atoms with van der Waals surface area (Å²) in [7, 11) is 0. The minimum absolute atomic E-state index is 0.128. The summed E-state index contributed by atoms with van der Waals surface area (Å²) in [6, 6.07) is 17.7. The molecule has 0 saturated carbocycles. The number of furan rings is 1. The van der Waals surface area contributed by atoms with E-state index in [0.29, 0.717) is 28.3 Å². The van der Waals surface area contributed by atoms with Crippen LogP contribution in [-0.4, -0.2) is 29.5 Å². The van der Waals surface area contributed by atoms with Gasteiger partial charge in [0, 0.05) is 10.5 Å². The normalized spacial score (nSPS) is 11.6. The first-order valence-electron chi connectivity index (χ1n) is 10.3. The minimum atomic E-state index is -0.926. The van der Waals surface area contributed by atoms with Crippen LogP contribution < -0.4 is 5.32 Å². The highest BCUT2D eigenvalue weighted by Gasteiger charge is 2.22. The van der Waals surface area contributed by atoms with Crippen LogP contribution in [0.3, 0.4) is 0 Å². The maximum atomic E-state index is 12.7. The van der Waals surface area contributed by atoms with Crippen molar-refractivity contribution in [1.82, 2.24) is 5.32 Å². The summed E-state index contributed by atoms with van der Waals surface area (Å²) in [6.07, 6.45) is 1.50. The van der Waals surface area contributed by atoms with E-state index in [4.69, 9.17) is 9.15 Å². The van der Waals surface area contributed by atoms with E-state index >= 15 is 0 Å². The highest BCUT2D eigenvalue weighted by Crippen LogP contribution is 2.24. The number of hydrogen-bond acceptors (Lipinski definition) is 6. The summed E-state index contributed by atoms with van der Waals surface area (Å²) in [6.45, 7) is 3.90. The Morgan fingerprint density at radius 1 is 1.03 bits per heavy atom. The Morgan fingerprint density at radius 2 is 1.78 bits per heavy atom. The van der Waals surface area contributed by atoms with Crippen molar-refractivity contribution < 1.29 is 23.5 Å². The van der Waals surface area contributed by atoms with Crippen molar-refractivity contribution in [2.24, 2.45) is 0 Å². The third-order valence-electron chi connectivity index (χ3n) is 4.81. The average Bonchev–Trinajstić information content (AvgIpc) is 3.35. The number of ketones is 1. The van der Waals surface area contributed by atoms with E-state index in [1.807, 2.05) is 19.1 Å². The summed E-state index contributed by atoms with van der Waals surface area (Å²) in [5.74, 6) is -0.258. The number of benzene rings is 2. The van der Waals surface area contributed by atoms with Crippen LogP contribution in [0.4, 0.5) is 0 Å². The number of carbonyl (C=O) groups excluding carboxylic acids is 3. The topological polar surface area (TPSA) is 85.6 Å². The van der Waals surface area contributed by atoms with Gasteiger partial charge < -0.3 is 14.5 Å². The van der Waals surface area contributed by atoms with E-state index in [1.54, 1.807) is 61.7 Å². The average molecular weight is 452 g/mol. The van der Waals surface area contributed by atoms with Crippen molar-refractivity contribution in [3.8, 4) is 0 Å². The number of ether oxygens (including phenoxy) is 1. The van der Waals surface area contributed by atoms with Crippen LogP contribution in [0, 0.1) is 0 Å². The summed E-state index contributed by atoms with van der Waals surface area (Å²) < 4.78 is 10.6. The van der Waals surface area contributed by atoms with Crippen molar-refractivity contribution in [3.05, 3.63) is 89.4 Å². The molecule has 3 rings (SSSR count). The molecular weight excluding hydrogens is 426 g/mol. The van der Waals surface area contributed by atoms with E-state index in [-0.39, 0.29) is 17.4 Å². The molecule has 6 nitrogen and oxygen atoms in total. The quantitative estimate of drug-likeness (QED) is 0.274. The Bertz CT molecular complexity index is 1060. The van der Waals surface area contributed by atoms with Crippen LogP contribution in [0.2, 0.25) is 0 Å². The first kappa shape index (κ1) is 23.3. The summed E-state index contributed by atoms with van der Waals surface area (Å²) in [5.41, 5.74) is 1.95. The second-order valence-corrected chi connectivity index (χ2v) is 8.12. The number of rotatable bonds is 10. The van der Waals surface area contributed by atoms with Gasteiger partial charge in [-0.05, 0) is 43.2 Å². The largest absolute Gasteiger partial charge is 0.467 e. The van der Waals surface area contributed by atoms with E-state index in [1.165, 1.54) is 11.8 Å². The van der Waals surface area contributed by atoms with Crippen molar-refractivity contribution in [2.75, 3.05) is 5.75 Å². The van der Waals surface area contributed by atoms with Crippen LogP contribution in [0.5, 0.6) is 0 Å². The lowest BCUT2D eigenvalue weighted by molar-refractivity contribution is -0.118. The Hall–Kier alpha value is -3.32. The van der Waals surface area contributed by atoms with Gasteiger partial charge in [0.1, 0.15) is 5.76 Å². The smallest absolute Gasteiger partial charge is 0.339 e. The van der Waals surface area contributed by atoms with Crippen molar-refractivity contribution in [3.63, 3.8) is 0 Å². The molecule has 3 aromatic rings. The Kier molecular flexibility index (Phi) is 8.27. The minimum Gasteiger partial charge on any atom is -0.467 e. The van der Waals surface area contributed by atoms with Crippen LogP contribution in [0.15, 0.2) is 76.2 Å². The predicted octanol–water partition coefficient (Wildman–Crippen LogP) is 4.68. The highest BCUT2D eigenvalue weighted by atomic mass is 32.2. The lowest BCUT2D eigenvalue weighted by Crippen LogP contribution is -2.25. The molecule has 0 fully saturated rings. The molecule has 0 unspecified atom stereocenters. The van der Waals surface area contributed by atoms with Gasteiger partial charge >= 0.3 is 5.97 Å². The Balaban J connectivity index is 1.57. The molecule has 166 valence electrons. The van der Waals surface area contributed by atoms with Crippen molar-refractivity contribution in [2.45, 2.75) is 37.8 Å². The predicted molar refractivity (Wildman–Crippen MR) is 123 cm³/mol. The number of nitrogens with one attached hydrogen (secondary N) is 1. The molecular formula is C25H25NO5S. The number of esters is 1. The third kappa shape index (κ3) is 6.34. The molecule has 1 amide bonds. The fraction of sp³-hybridized carbons (Fsp3) is 0.240. The molecule has 0 bridgehead atoms. The van der Waals surface area contributed by atoms with E-state index in [0.717, 1.165) is 12.0 Å². The maximum absolute atomic E-state index is 12.7. The fourth-order valence-electron chi connectivity index (χ4n) is 2.97. The summed E-state index contributed by atoms with van der Waals surface area (Å²) >= 11 is 1.23. The lowest BCUT2D eigenvalue weighted by atomic mass is 10.0. The molecule has 7 heteroatoms. The number of hydrogen-bond donors (Lipinski definition) is 1. The highest BCUT2D eigenvalue weighted by molar-refractivity contribution is 8.00. The Morgan fingerprint density at radius 3 is 2.47 bits per heavy atom. The van der Waals surface area contributed by atoms with Crippen LogP contribution in [0.25, 0.3) is 0 Å². The number of aryl methyl sites for hydroxylation is 1. The lowest BCUT2D eigenvalue weighted by Gasteiger charge is -2.14. The summed E-state index contributed by atoms with van der Waals surface area (Å²) in [5, 5.41) is 2.76. The third-order valence-corrected chi connectivity index (χ3v) is 5.88. The Labute approximate surface area is 191 Å².